The zero-order valence-electron chi connectivity index (χ0n) is 6.77. The molecule has 1 aromatic heterocycles. The lowest BCUT2D eigenvalue weighted by atomic mass is 10.2. The first-order valence-electron chi connectivity index (χ1n) is 3.59. The Hall–Kier alpha value is -0.330. The molecular formula is C8H7F3IN. The number of halogens is 4. The number of nitrogens with zero attached hydrogens (tertiary/aromatic N) is 1. The van der Waals surface area contributed by atoms with E-state index in [0.29, 0.717) is 5.69 Å². The Morgan fingerprint density at radius 1 is 1.38 bits per heavy atom. The second kappa shape index (κ2) is 3.81. The molecule has 0 aromatic carbocycles. The molecular weight excluding hydrogens is 294 g/mol. The van der Waals surface area contributed by atoms with E-state index in [1.807, 2.05) is 22.6 Å². The molecule has 0 aliphatic rings. The van der Waals surface area contributed by atoms with Crippen LogP contribution in [0, 0.1) is 0 Å². The van der Waals surface area contributed by atoms with Crippen LogP contribution in [0.4, 0.5) is 13.2 Å². The van der Waals surface area contributed by atoms with E-state index in [-0.39, 0.29) is 3.92 Å². The fraction of sp³-hybridized carbons (Fsp3) is 0.375. The minimum absolute atomic E-state index is 0.0140. The first-order valence-corrected chi connectivity index (χ1v) is 4.84. The first-order chi connectivity index (χ1) is 5.91. The highest BCUT2D eigenvalue weighted by atomic mass is 127. The highest BCUT2D eigenvalue weighted by Gasteiger charge is 2.32. The SMILES string of the molecule is C[C@@H](I)c1cccc(C(F)(F)F)n1. The molecule has 0 saturated heterocycles. The van der Waals surface area contributed by atoms with Gasteiger partial charge in [0.1, 0.15) is 5.69 Å². The van der Waals surface area contributed by atoms with E-state index in [0.717, 1.165) is 6.07 Å². The molecule has 0 saturated carbocycles. The van der Waals surface area contributed by atoms with Gasteiger partial charge < -0.3 is 0 Å². The van der Waals surface area contributed by atoms with E-state index in [1.165, 1.54) is 6.07 Å². The van der Waals surface area contributed by atoms with Gasteiger partial charge in [0, 0.05) is 0 Å². The molecule has 1 rings (SSSR count). The van der Waals surface area contributed by atoms with Gasteiger partial charge >= 0.3 is 6.18 Å². The summed E-state index contributed by atoms with van der Waals surface area (Å²) in [5, 5.41) is 0. The van der Waals surface area contributed by atoms with Crippen molar-refractivity contribution >= 4 is 22.6 Å². The average Bonchev–Trinajstić information content (AvgIpc) is 2.03. The predicted octanol–water partition coefficient (Wildman–Crippen LogP) is 3.60. The Bertz CT molecular complexity index is 296. The molecule has 0 radical (unpaired) electrons. The van der Waals surface area contributed by atoms with Gasteiger partial charge in [-0.25, -0.2) is 4.98 Å². The molecule has 0 aliphatic carbocycles. The Morgan fingerprint density at radius 3 is 2.46 bits per heavy atom. The van der Waals surface area contributed by atoms with Gasteiger partial charge in [-0.2, -0.15) is 13.2 Å². The maximum Gasteiger partial charge on any atom is 0.433 e. The molecule has 0 spiro atoms. The standard InChI is InChI=1S/C8H7F3IN/c1-5(12)6-3-2-4-7(13-6)8(9,10)11/h2-5H,1H3/t5-/m1/s1. The molecule has 1 nitrogen and oxygen atoms in total. The summed E-state index contributed by atoms with van der Waals surface area (Å²) >= 11 is 2.02. The monoisotopic (exact) mass is 301 g/mol. The molecule has 5 heteroatoms. The van der Waals surface area contributed by atoms with Crippen molar-refractivity contribution in [1.82, 2.24) is 4.98 Å². The second-order valence-electron chi connectivity index (χ2n) is 2.56. The van der Waals surface area contributed by atoms with Crippen LogP contribution in [0.2, 0.25) is 0 Å². The Balaban J connectivity index is 3.06. The quantitative estimate of drug-likeness (QED) is 0.570. The molecule has 1 heterocycles. The molecule has 0 aliphatic heterocycles. The number of hydrogen-bond acceptors (Lipinski definition) is 1. The summed E-state index contributed by atoms with van der Waals surface area (Å²) in [6.45, 7) is 1.79. The zero-order valence-corrected chi connectivity index (χ0v) is 8.93. The van der Waals surface area contributed by atoms with Gasteiger partial charge in [-0.1, -0.05) is 28.7 Å². The van der Waals surface area contributed by atoms with E-state index >= 15 is 0 Å². The van der Waals surface area contributed by atoms with Crippen molar-refractivity contribution in [1.29, 1.82) is 0 Å². The lowest BCUT2D eigenvalue weighted by molar-refractivity contribution is -0.141. The summed E-state index contributed by atoms with van der Waals surface area (Å²) in [5.41, 5.74) is -0.371. The molecule has 1 atom stereocenters. The van der Waals surface area contributed by atoms with E-state index in [9.17, 15) is 13.2 Å². The highest BCUT2D eigenvalue weighted by molar-refractivity contribution is 14.1. The van der Waals surface area contributed by atoms with Crippen LogP contribution in [0.25, 0.3) is 0 Å². The third-order valence-corrected chi connectivity index (χ3v) is 2.11. The molecule has 1 aromatic rings. The molecule has 0 fully saturated rings. The van der Waals surface area contributed by atoms with Crippen LogP contribution >= 0.6 is 22.6 Å². The normalized spacial score (nSPS) is 14.2. The molecule has 72 valence electrons. The zero-order chi connectivity index (χ0) is 10.1. The van der Waals surface area contributed by atoms with Crippen molar-refractivity contribution in [2.24, 2.45) is 0 Å². The Labute approximate surface area is 87.5 Å². The van der Waals surface area contributed by atoms with Crippen LogP contribution in [-0.4, -0.2) is 4.98 Å². The van der Waals surface area contributed by atoms with E-state index < -0.39 is 11.9 Å². The number of aromatic nitrogens is 1. The summed E-state index contributed by atoms with van der Waals surface area (Å²) in [6.07, 6.45) is -4.35. The van der Waals surface area contributed by atoms with Crippen molar-refractivity contribution in [2.75, 3.05) is 0 Å². The summed E-state index contributed by atoms with van der Waals surface area (Å²) < 4.78 is 36.5. The number of rotatable bonds is 1. The van der Waals surface area contributed by atoms with Crippen LogP contribution in [-0.2, 0) is 6.18 Å². The third-order valence-electron chi connectivity index (χ3n) is 1.47. The third kappa shape index (κ3) is 2.82. The number of pyridine rings is 1. The van der Waals surface area contributed by atoms with Crippen molar-refractivity contribution in [3.05, 3.63) is 29.6 Å². The molecule has 13 heavy (non-hydrogen) atoms. The van der Waals surface area contributed by atoms with Gasteiger partial charge in [0.15, 0.2) is 0 Å². The van der Waals surface area contributed by atoms with Gasteiger partial charge in [0.05, 0.1) is 9.62 Å². The van der Waals surface area contributed by atoms with Crippen molar-refractivity contribution in [3.8, 4) is 0 Å². The van der Waals surface area contributed by atoms with Crippen LogP contribution in [0.5, 0.6) is 0 Å². The summed E-state index contributed by atoms with van der Waals surface area (Å²) in [4.78, 5) is 3.51. The minimum Gasteiger partial charge on any atom is -0.247 e. The average molecular weight is 301 g/mol. The Kier molecular flexibility index (Phi) is 3.15. The summed E-state index contributed by atoms with van der Waals surface area (Å²) in [5.74, 6) is 0. The van der Waals surface area contributed by atoms with E-state index in [1.54, 1.807) is 13.0 Å². The van der Waals surface area contributed by atoms with Crippen LogP contribution in [0.3, 0.4) is 0 Å². The Morgan fingerprint density at radius 2 is 2.00 bits per heavy atom. The fourth-order valence-electron chi connectivity index (χ4n) is 0.831. The van der Waals surface area contributed by atoms with Gasteiger partial charge in [-0.05, 0) is 19.1 Å². The van der Waals surface area contributed by atoms with Crippen LogP contribution < -0.4 is 0 Å². The van der Waals surface area contributed by atoms with Crippen molar-refractivity contribution < 1.29 is 13.2 Å². The van der Waals surface area contributed by atoms with E-state index in [2.05, 4.69) is 4.98 Å². The molecule has 0 bridgehead atoms. The largest absolute Gasteiger partial charge is 0.433 e. The fourth-order valence-corrected chi connectivity index (χ4v) is 1.18. The summed E-state index contributed by atoms with van der Waals surface area (Å²) in [6, 6.07) is 3.94. The summed E-state index contributed by atoms with van der Waals surface area (Å²) in [7, 11) is 0. The maximum atomic E-state index is 12.2. The van der Waals surface area contributed by atoms with Gasteiger partial charge in [0.2, 0.25) is 0 Å². The molecule has 0 N–H and O–H groups in total. The van der Waals surface area contributed by atoms with Crippen molar-refractivity contribution in [3.63, 3.8) is 0 Å². The highest BCUT2D eigenvalue weighted by Crippen LogP contribution is 2.29. The van der Waals surface area contributed by atoms with E-state index in [4.69, 9.17) is 0 Å². The van der Waals surface area contributed by atoms with Crippen molar-refractivity contribution in [2.45, 2.75) is 17.0 Å². The molecule has 0 amide bonds. The topological polar surface area (TPSA) is 12.9 Å². The van der Waals surface area contributed by atoms with Gasteiger partial charge in [-0.3, -0.25) is 0 Å². The van der Waals surface area contributed by atoms with Gasteiger partial charge in [0.25, 0.3) is 0 Å². The minimum atomic E-state index is -4.35. The maximum absolute atomic E-state index is 12.2. The lowest BCUT2D eigenvalue weighted by Gasteiger charge is -2.08. The second-order valence-corrected chi connectivity index (χ2v) is 4.43. The van der Waals surface area contributed by atoms with Crippen LogP contribution in [0.15, 0.2) is 18.2 Å². The van der Waals surface area contributed by atoms with Crippen LogP contribution in [0.1, 0.15) is 22.2 Å². The molecule has 0 unspecified atom stereocenters. The predicted molar refractivity (Wildman–Crippen MR) is 51.7 cm³/mol. The number of hydrogen-bond donors (Lipinski definition) is 0. The lowest BCUT2D eigenvalue weighted by Crippen LogP contribution is -2.09. The number of alkyl halides is 4. The van der Waals surface area contributed by atoms with Gasteiger partial charge in [-0.15, -0.1) is 0 Å². The smallest absolute Gasteiger partial charge is 0.247 e. The first kappa shape index (κ1) is 10.7.